The third kappa shape index (κ3) is 6.03. The Morgan fingerprint density at radius 3 is 2.08 bits per heavy atom. The second-order valence-electron chi connectivity index (χ2n) is 5.60. The molecule has 1 fully saturated rings. The molecule has 2 rings (SSSR count). The van der Waals surface area contributed by atoms with E-state index in [9.17, 15) is 13.2 Å². The molecule has 0 bridgehead atoms. The standard InChI is InChI=1S/C16H23F3N2O2.ClH/c1-22-13-9-12(10-14(11-13)23-2)15(3-4-16(17,18)19)21-7-5-20-6-8-21;/h9-11,15,20H,3-8H2,1-2H3;1H/t15-;/m0./s1. The van der Waals surface area contributed by atoms with Crippen molar-refractivity contribution in [1.82, 2.24) is 10.2 Å². The summed E-state index contributed by atoms with van der Waals surface area (Å²) in [5.74, 6) is 1.18. The lowest BCUT2D eigenvalue weighted by atomic mass is 9.98. The Kier molecular flexibility index (Phi) is 8.12. The normalized spacial score (nSPS) is 17.0. The first-order valence-electron chi connectivity index (χ1n) is 7.67. The monoisotopic (exact) mass is 368 g/mol. The molecule has 1 N–H and O–H groups in total. The summed E-state index contributed by atoms with van der Waals surface area (Å²) in [5, 5.41) is 3.23. The first-order chi connectivity index (χ1) is 10.9. The zero-order valence-electron chi connectivity index (χ0n) is 13.9. The van der Waals surface area contributed by atoms with E-state index in [4.69, 9.17) is 9.47 Å². The second kappa shape index (κ2) is 9.34. The highest BCUT2D eigenvalue weighted by Crippen LogP contribution is 2.35. The van der Waals surface area contributed by atoms with Crippen LogP contribution in [0.15, 0.2) is 18.2 Å². The molecule has 24 heavy (non-hydrogen) atoms. The fourth-order valence-electron chi connectivity index (χ4n) is 2.88. The molecule has 1 heterocycles. The number of ether oxygens (including phenoxy) is 2. The van der Waals surface area contributed by atoms with Gasteiger partial charge in [0.05, 0.1) is 14.2 Å². The van der Waals surface area contributed by atoms with Gasteiger partial charge in [0, 0.05) is 44.7 Å². The molecule has 0 aromatic heterocycles. The minimum atomic E-state index is -4.16. The molecular weight excluding hydrogens is 345 g/mol. The summed E-state index contributed by atoms with van der Waals surface area (Å²) in [4.78, 5) is 2.09. The van der Waals surface area contributed by atoms with E-state index < -0.39 is 12.6 Å². The van der Waals surface area contributed by atoms with Crippen LogP contribution in [0.5, 0.6) is 11.5 Å². The van der Waals surface area contributed by atoms with Gasteiger partial charge in [-0.05, 0) is 24.1 Å². The summed E-state index contributed by atoms with van der Waals surface area (Å²) >= 11 is 0. The van der Waals surface area contributed by atoms with Crippen molar-refractivity contribution in [1.29, 1.82) is 0 Å². The van der Waals surface area contributed by atoms with Gasteiger partial charge in [-0.25, -0.2) is 0 Å². The summed E-state index contributed by atoms with van der Waals surface area (Å²) in [5.41, 5.74) is 0.798. The minimum absolute atomic E-state index is 0. The van der Waals surface area contributed by atoms with Gasteiger partial charge in [-0.3, -0.25) is 4.90 Å². The number of halogens is 4. The summed E-state index contributed by atoms with van der Waals surface area (Å²) < 4.78 is 48.6. The van der Waals surface area contributed by atoms with E-state index in [1.165, 1.54) is 14.2 Å². The zero-order valence-corrected chi connectivity index (χ0v) is 14.7. The van der Waals surface area contributed by atoms with Gasteiger partial charge in [0.25, 0.3) is 0 Å². The number of hydrogen-bond acceptors (Lipinski definition) is 4. The van der Waals surface area contributed by atoms with Crippen molar-refractivity contribution in [2.45, 2.75) is 25.1 Å². The molecule has 1 aromatic carbocycles. The van der Waals surface area contributed by atoms with Gasteiger partial charge in [0.2, 0.25) is 0 Å². The molecule has 0 amide bonds. The third-order valence-corrected chi connectivity index (χ3v) is 4.05. The average molecular weight is 369 g/mol. The number of methoxy groups -OCH3 is 2. The van der Waals surface area contributed by atoms with Gasteiger partial charge in [-0.2, -0.15) is 13.2 Å². The molecule has 0 unspecified atom stereocenters. The third-order valence-electron chi connectivity index (χ3n) is 4.05. The number of piperazine rings is 1. The fraction of sp³-hybridized carbons (Fsp3) is 0.625. The molecule has 1 aromatic rings. The van der Waals surface area contributed by atoms with Crippen LogP contribution in [0.3, 0.4) is 0 Å². The van der Waals surface area contributed by atoms with Crippen LogP contribution in [0.4, 0.5) is 13.2 Å². The van der Waals surface area contributed by atoms with E-state index in [-0.39, 0.29) is 24.9 Å². The van der Waals surface area contributed by atoms with Gasteiger partial charge in [0.15, 0.2) is 0 Å². The fourth-order valence-corrected chi connectivity index (χ4v) is 2.88. The topological polar surface area (TPSA) is 33.7 Å². The van der Waals surface area contributed by atoms with E-state index in [1.807, 2.05) is 0 Å². The number of alkyl halides is 3. The highest BCUT2D eigenvalue weighted by molar-refractivity contribution is 5.85. The lowest BCUT2D eigenvalue weighted by Gasteiger charge is -2.35. The van der Waals surface area contributed by atoms with Crippen molar-refractivity contribution in [2.24, 2.45) is 0 Å². The summed E-state index contributed by atoms with van der Waals surface area (Å²) in [6.45, 7) is 3.01. The van der Waals surface area contributed by atoms with Crippen LogP contribution >= 0.6 is 12.4 Å². The molecule has 4 nitrogen and oxygen atoms in total. The quantitative estimate of drug-likeness (QED) is 0.834. The Bertz CT molecular complexity index is 486. The van der Waals surface area contributed by atoms with Crippen molar-refractivity contribution in [3.05, 3.63) is 23.8 Å². The van der Waals surface area contributed by atoms with Crippen molar-refractivity contribution < 1.29 is 22.6 Å². The molecule has 1 aliphatic heterocycles. The smallest absolute Gasteiger partial charge is 0.389 e. The van der Waals surface area contributed by atoms with Gasteiger partial charge in [-0.15, -0.1) is 12.4 Å². The van der Waals surface area contributed by atoms with E-state index in [0.29, 0.717) is 11.5 Å². The van der Waals surface area contributed by atoms with E-state index in [1.54, 1.807) is 18.2 Å². The van der Waals surface area contributed by atoms with E-state index in [0.717, 1.165) is 31.7 Å². The van der Waals surface area contributed by atoms with E-state index in [2.05, 4.69) is 10.2 Å². The van der Waals surface area contributed by atoms with Gasteiger partial charge >= 0.3 is 6.18 Å². The van der Waals surface area contributed by atoms with Gasteiger partial charge in [-0.1, -0.05) is 0 Å². The van der Waals surface area contributed by atoms with Gasteiger partial charge in [0.1, 0.15) is 11.5 Å². The number of nitrogens with zero attached hydrogens (tertiary/aromatic N) is 1. The van der Waals surface area contributed by atoms with E-state index >= 15 is 0 Å². The lowest BCUT2D eigenvalue weighted by molar-refractivity contribution is -0.138. The van der Waals surface area contributed by atoms with Crippen LogP contribution in [0.25, 0.3) is 0 Å². The van der Waals surface area contributed by atoms with Crippen molar-refractivity contribution >= 4 is 12.4 Å². The maximum Gasteiger partial charge on any atom is 0.389 e. The SMILES string of the molecule is COc1cc(OC)cc([C@H](CCC(F)(F)F)N2CCNCC2)c1.Cl. The highest BCUT2D eigenvalue weighted by atomic mass is 35.5. The van der Waals surface area contributed by atoms with Crippen molar-refractivity contribution in [3.63, 3.8) is 0 Å². The Hall–Kier alpha value is -1.18. The summed E-state index contributed by atoms with van der Waals surface area (Å²) in [7, 11) is 3.07. The largest absolute Gasteiger partial charge is 0.497 e. The number of benzene rings is 1. The minimum Gasteiger partial charge on any atom is -0.497 e. The molecule has 0 saturated carbocycles. The Morgan fingerprint density at radius 1 is 1.08 bits per heavy atom. The zero-order chi connectivity index (χ0) is 16.9. The molecule has 138 valence electrons. The molecular formula is C16H24ClF3N2O2. The molecule has 8 heteroatoms. The van der Waals surface area contributed by atoms with Crippen molar-refractivity contribution in [2.75, 3.05) is 40.4 Å². The molecule has 0 spiro atoms. The van der Waals surface area contributed by atoms with Crippen LogP contribution in [-0.4, -0.2) is 51.5 Å². The molecule has 1 atom stereocenters. The van der Waals surface area contributed by atoms with Crippen LogP contribution in [0, 0.1) is 0 Å². The first kappa shape index (κ1) is 20.9. The van der Waals surface area contributed by atoms with Crippen molar-refractivity contribution in [3.8, 4) is 11.5 Å². The van der Waals surface area contributed by atoms with Crippen LogP contribution in [-0.2, 0) is 0 Å². The summed E-state index contributed by atoms with van der Waals surface area (Å²) in [6.07, 6.45) is -4.93. The van der Waals surface area contributed by atoms with Crippen LogP contribution in [0.1, 0.15) is 24.4 Å². The Balaban J connectivity index is 0.00000288. The lowest BCUT2D eigenvalue weighted by Crippen LogP contribution is -2.45. The number of nitrogens with one attached hydrogen (secondary N) is 1. The Labute approximate surface area is 146 Å². The molecule has 0 radical (unpaired) electrons. The maximum absolute atomic E-state index is 12.7. The van der Waals surface area contributed by atoms with Crippen LogP contribution < -0.4 is 14.8 Å². The maximum atomic E-state index is 12.7. The predicted octanol–water partition coefficient (Wildman–Crippen LogP) is 3.41. The Morgan fingerprint density at radius 2 is 1.62 bits per heavy atom. The molecule has 1 aliphatic rings. The first-order valence-corrected chi connectivity index (χ1v) is 7.67. The van der Waals surface area contributed by atoms with Gasteiger partial charge < -0.3 is 14.8 Å². The summed E-state index contributed by atoms with van der Waals surface area (Å²) in [6, 6.07) is 5.02. The average Bonchev–Trinajstić information content (AvgIpc) is 2.54. The molecule has 1 saturated heterocycles. The molecule has 0 aliphatic carbocycles. The van der Waals surface area contributed by atoms with Crippen LogP contribution in [0.2, 0.25) is 0 Å². The predicted molar refractivity (Wildman–Crippen MR) is 89.3 cm³/mol. The number of rotatable bonds is 6. The number of hydrogen-bond donors (Lipinski definition) is 1. The highest BCUT2D eigenvalue weighted by Gasteiger charge is 2.31. The second-order valence-corrected chi connectivity index (χ2v) is 5.60.